The van der Waals surface area contributed by atoms with Gasteiger partial charge in [0.1, 0.15) is 0 Å². The highest BCUT2D eigenvalue weighted by Gasteiger charge is 2.32. The van der Waals surface area contributed by atoms with Crippen LogP contribution in [-0.2, 0) is 16.1 Å². The van der Waals surface area contributed by atoms with Gasteiger partial charge in [0.2, 0.25) is 11.8 Å². The second-order valence-corrected chi connectivity index (χ2v) is 9.74. The van der Waals surface area contributed by atoms with Crippen LogP contribution in [0.4, 0.5) is 5.69 Å². The molecule has 28 heavy (non-hydrogen) atoms. The van der Waals surface area contributed by atoms with Crippen LogP contribution in [0.15, 0.2) is 24.3 Å². The normalized spacial score (nSPS) is 22.6. The van der Waals surface area contributed by atoms with Gasteiger partial charge in [-0.05, 0) is 48.8 Å². The number of benzene rings is 1. The molecular weight excluding hydrogens is 350 g/mol. The van der Waals surface area contributed by atoms with Gasteiger partial charge < -0.3 is 16.0 Å². The summed E-state index contributed by atoms with van der Waals surface area (Å²) in [5.74, 6) is 0.488. The highest BCUT2D eigenvalue weighted by atomic mass is 16.2. The van der Waals surface area contributed by atoms with Crippen molar-refractivity contribution in [2.45, 2.75) is 84.3 Å². The van der Waals surface area contributed by atoms with Crippen molar-refractivity contribution >= 4 is 17.5 Å². The molecule has 5 heteroatoms. The molecule has 0 spiro atoms. The van der Waals surface area contributed by atoms with Crippen molar-refractivity contribution in [3.8, 4) is 0 Å². The topological polar surface area (TPSA) is 75.4 Å². The quantitative estimate of drug-likeness (QED) is 0.775. The number of carbonyl (C=O) groups excluding carboxylic acids is 2. The lowest BCUT2D eigenvalue weighted by Crippen LogP contribution is -2.52. The number of anilines is 1. The first kappa shape index (κ1) is 20.8. The van der Waals surface area contributed by atoms with E-state index in [-0.39, 0.29) is 35.2 Å². The van der Waals surface area contributed by atoms with E-state index in [1.165, 1.54) is 0 Å². The third kappa shape index (κ3) is 5.81. The first-order chi connectivity index (χ1) is 13.2. The predicted octanol–water partition coefficient (Wildman–Crippen LogP) is 4.07. The zero-order valence-electron chi connectivity index (χ0n) is 17.5. The lowest BCUT2D eigenvalue weighted by Gasteiger charge is -2.39. The van der Waals surface area contributed by atoms with Gasteiger partial charge in [0.05, 0.1) is 0 Å². The van der Waals surface area contributed by atoms with Crippen molar-refractivity contribution in [1.82, 2.24) is 4.90 Å². The van der Waals surface area contributed by atoms with E-state index in [4.69, 9.17) is 5.73 Å². The van der Waals surface area contributed by atoms with E-state index < -0.39 is 0 Å². The molecule has 0 aliphatic heterocycles. The molecule has 1 aromatic carbocycles. The fourth-order valence-corrected chi connectivity index (χ4v) is 3.95. The molecule has 2 fully saturated rings. The minimum absolute atomic E-state index is 0.0506. The van der Waals surface area contributed by atoms with Crippen LogP contribution >= 0.6 is 0 Å². The number of nitrogens with zero attached hydrogens (tertiary/aromatic N) is 1. The maximum Gasteiger partial charge on any atom is 0.227 e. The van der Waals surface area contributed by atoms with E-state index >= 15 is 0 Å². The van der Waals surface area contributed by atoms with Gasteiger partial charge in [0.15, 0.2) is 0 Å². The molecule has 0 bridgehead atoms. The molecule has 2 aliphatic rings. The maximum absolute atomic E-state index is 13.1. The number of hydrogen-bond donors (Lipinski definition) is 2. The number of carbonyl (C=O) groups is 2. The summed E-state index contributed by atoms with van der Waals surface area (Å²) < 4.78 is 0. The molecule has 2 atom stereocenters. The van der Waals surface area contributed by atoms with E-state index in [2.05, 4.69) is 26.1 Å². The number of amides is 2. The molecule has 154 valence electrons. The molecule has 5 nitrogen and oxygen atoms in total. The van der Waals surface area contributed by atoms with Gasteiger partial charge in [0.25, 0.3) is 0 Å². The van der Waals surface area contributed by atoms with Crippen molar-refractivity contribution in [3.63, 3.8) is 0 Å². The largest absolute Gasteiger partial charge is 0.334 e. The van der Waals surface area contributed by atoms with E-state index in [9.17, 15) is 9.59 Å². The van der Waals surface area contributed by atoms with Crippen LogP contribution in [-0.4, -0.2) is 28.8 Å². The zero-order chi connectivity index (χ0) is 20.3. The Morgan fingerprint density at radius 2 is 1.71 bits per heavy atom. The van der Waals surface area contributed by atoms with Gasteiger partial charge in [0, 0.05) is 36.7 Å². The summed E-state index contributed by atoms with van der Waals surface area (Å²) in [5, 5.41) is 2.97. The fourth-order valence-electron chi connectivity index (χ4n) is 3.95. The number of nitrogens with two attached hydrogens (primary N) is 1. The summed E-state index contributed by atoms with van der Waals surface area (Å²) >= 11 is 0. The molecular formula is C23H35N3O2. The third-order valence-corrected chi connectivity index (χ3v) is 5.71. The van der Waals surface area contributed by atoms with Gasteiger partial charge in [-0.25, -0.2) is 0 Å². The molecule has 3 rings (SSSR count). The monoisotopic (exact) mass is 385 g/mol. The van der Waals surface area contributed by atoms with Crippen molar-refractivity contribution < 1.29 is 9.59 Å². The SMILES string of the molecule is CC(C)(C)CC(=O)N(Cc1ccc(NC(=O)C2CC2)cc1)C1CCCCC1N. The molecule has 0 aromatic heterocycles. The van der Waals surface area contributed by atoms with E-state index in [0.717, 1.165) is 49.8 Å². The lowest BCUT2D eigenvalue weighted by molar-refractivity contribution is -0.137. The van der Waals surface area contributed by atoms with Crippen LogP contribution in [0.2, 0.25) is 0 Å². The van der Waals surface area contributed by atoms with Crippen LogP contribution in [0, 0.1) is 11.3 Å². The molecule has 1 aromatic rings. The third-order valence-electron chi connectivity index (χ3n) is 5.71. The van der Waals surface area contributed by atoms with Gasteiger partial charge in [-0.15, -0.1) is 0 Å². The summed E-state index contributed by atoms with van der Waals surface area (Å²) in [6, 6.07) is 8.04. The Hall–Kier alpha value is -1.88. The van der Waals surface area contributed by atoms with Gasteiger partial charge >= 0.3 is 0 Å². The Kier molecular flexibility index (Phi) is 6.43. The number of nitrogens with one attached hydrogen (secondary N) is 1. The molecule has 2 aliphatic carbocycles. The van der Waals surface area contributed by atoms with Crippen LogP contribution in [0.3, 0.4) is 0 Å². The average Bonchev–Trinajstić information content (AvgIpc) is 3.45. The number of hydrogen-bond acceptors (Lipinski definition) is 3. The van der Waals surface area contributed by atoms with Crippen molar-refractivity contribution in [2.75, 3.05) is 5.32 Å². The van der Waals surface area contributed by atoms with Crippen LogP contribution in [0.5, 0.6) is 0 Å². The Morgan fingerprint density at radius 3 is 2.29 bits per heavy atom. The van der Waals surface area contributed by atoms with Crippen LogP contribution in [0.25, 0.3) is 0 Å². The minimum Gasteiger partial charge on any atom is -0.334 e. The molecule has 0 saturated heterocycles. The maximum atomic E-state index is 13.1. The van der Waals surface area contributed by atoms with Crippen LogP contribution < -0.4 is 11.1 Å². The minimum atomic E-state index is -0.0506. The lowest BCUT2D eigenvalue weighted by atomic mass is 9.87. The standard InChI is InChI=1S/C23H35N3O2/c1-23(2,3)14-21(27)26(20-7-5-4-6-19(20)24)15-16-8-12-18(13-9-16)25-22(28)17-10-11-17/h8-9,12-13,17,19-20H,4-7,10-11,14-15,24H2,1-3H3,(H,25,28). The van der Waals surface area contributed by atoms with E-state index in [1.807, 2.05) is 29.2 Å². The summed E-state index contributed by atoms with van der Waals surface area (Å²) in [4.78, 5) is 27.0. The van der Waals surface area contributed by atoms with Gasteiger partial charge in [-0.2, -0.15) is 0 Å². The molecule has 2 unspecified atom stereocenters. The predicted molar refractivity (Wildman–Crippen MR) is 113 cm³/mol. The highest BCUT2D eigenvalue weighted by Crippen LogP contribution is 2.30. The number of rotatable bonds is 6. The van der Waals surface area contributed by atoms with Crippen molar-refractivity contribution in [1.29, 1.82) is 0 Å². The van der Waals surface area contributed by atoms with Gasteiger partial charge in [-0.1, -0.05) is 45.7 Å². The summed E-state index contributed by atoms with van der Waals surface area (Å²) in [5.41, 5.74) is 8.25. The summed E-state index contributed by atoms with van der Waals surface area (Å²) in [6.07, 6.45) is 6.75. The Bertz CT molecular complexity index is 689. The van der Waals surface area contributed by atoms with Crippen molar-refractivity contribution in [3.05, 3.63) is 29.8 Å². The highest BCUT2D eigenvalue weighted by molar-refractivity contribution is 5.94. The first-order valence-corrected chi connectivity index (χ1v) is 10.7. The average molecular weight is 386 g/mol. The summed E-state index contributed by atoms with van der Waals surface area (Å²) in [7, 11) is 0. The van der Waals surface area contributed by atoms with Crippen molar-refractivity contribution in [2.24, 2.45) is 17.1 Å². The van der Waals surface area contributed by atoms with E-state index in [1.54, 1.807) is 0 Å². The molecule has 2 amide bonds. The Balaban J connectivity index is 1.70. The molecule has 0 heterocycles. The fraction of sp³-hybridized carbons (Fsp3) is 0.652. The molecule has 2 saturated carbocycles. The van der Waals surface area contributed by atoms with E-state index in [0.29, 0.717) is 13.0 Å². The zero-order valence-corrected chi connectivity index (χ0v) is 17.5. The smallest absolute Gasteiger partial charge is 0.227 e. The Labute approximate surface area is 169 Å². The Morgan fingerprint density at radius 1 is 1.07 bits per heavy atom. The second kappa shape index (κ2) is 8.64. The first-order valence-electron chi connectivity index (χ1n) is 10.7. The summed E-state index contributed by atoms with van der Waals surface area (Å²) in [6.45, 7) is 6.87. The molecule has 0 radical (unpaired) electrons. The second-order valence-electron chi connectivity index (χ2n) is 9.74. The molecule has 3 N–H and O–H groups in total. The van der Waals surface area contributed by atoms with Crippen LogP contribution in [0.1, 0.15) is 71.3 Å². The van der Waals surface area contributed by atoms with Gasteiger partial charge in [-0.3, -0.25) is 9.59 Å².